The molecule has 0 spiro atoms. The number of hydrogen-bond donors (Lipinski definition) is 1. The van der Waals surface area contributed by atoms with Gasteiger partial charge in [-0.05, 0) is 55.0 Å². The van der Waals surface area contributed by atoms with Crippen LogP contribution < -0.4 is 5.32 Å². The first kappa shape index (κ1) is 12.8. The fourth-order valence-electron chi connectivity index (χ4n) is 2.83. The number of anilines is 1. The lowest BCUT2D eigenvalue weighted by Gasteiger charge is -2.11. The number of rotatable bonds is 4. The summed E-state index contributed by atoms with van der Waals surface area (Å²) in [5.41, 5.74) is 5.23. The number of fused-ring (bicyclic) bond motifs is 1. The maximum atomic E-state index is 4.51. The lowest BCUT2D eigenvalue weighted by molar-refractivity contribution is 1.04. The Hall–Kier alpha value is -1.87. The molecule has 1 aromatic heterocycles. The molecule has 0 radical (unpaired) electrons. The van der Waals surface area contributed by atoms with Crippen LogP contribution in [0.15, 0.2) is 42.5 Å². The van der Waals surface area contributed by atoms with Gasteiger partial charge in [-0.1, -0.05) is 24.3 Å². The second-order valence-corrected chi connectivity index (χ2v) is 6.98. The first-order valence-corrected chi connectivity index (χ1v) is 8.30. The van der Waals surface area contributed by atoms with E-state index in [1.165, 1.54) is 34.4 Å². The third kappa shape index (κ3) is 2.66. The Kier molecular flexibility index (Phi) is 3.15. The van der Waals surface area contributed by atoms with Crippen LogP contribution in [0.2, 0.25) is 0 Å². The van der Waals surface area contributed by atoms with E-state index in [-0.39, 0.29) is 0 Å². The van der Waals surface area contributed by atoms with Crippen LogP contribution >= 0.6 is 11.3 Å². The summed E-state index contributed by atoms with van der Waals surface area (Å²) in [6.07, 6.45) is 2.70. The van der Waals surface area contributed by atoms with E-state index in [0.717, 1.165) is 23.0 Å². The summed E-state index contributed by atoms with van der Waals surface area (Å²) in [5.74, 6) is 0.801. The van der Waals surface area contributed by atoms with Crippen molar-refractivity contribution >= 4 is 27.2 Å². The Balaban J connectivity index is 1.55. The molecule has 3 aromatic rings. The van der Waals surface area contributed by atoms with Crippen molar-refractivity contribution in [2.45, 2.75) is 32.2 Å². The molecule has 21 heavy (non-hydrogen) atoms. The van der Waals surface area contributed by atoms with Crippen molar-refractivity contribution in [2.75, 3.05) is 5.32 Å². The van der Waals surface area contributed by atoms with Gasteiger partial charge in [-0.15, -0.1) is 11.3 Å². The predicted molar refractivity (Wildman–Crippen MR) is 90.1 cm³/mol. The van der Waals surface area contributed by atoms with E-state index in [2.05, 4.69) is 59.7 Å². The molecule has 1 aliphatic carbocycles. The average molecular weight is 294 g/mol. The Morgan fingerprint density at radius 3 is 2.90 bits per heavy atom. The van der Waals surface area contributed by atoms with Gasteiger partial charge in [-0.25, -0.2) is 4.98 Å². The van der Waals surface area contributed by atoms with Crippen LogP contribution in [0.4, 0.5) is 5.69 Å². The van der Waals surface area contributed by atoms with E-state index >= 15 is 0 Å². The lowest BCUT2D eigenvalue weighted by Crippen LogP contribution is -2.02. The molecular weight excluding hydrogens is 276 g/mol. The first-order valence-electron chi connectivity index (χ1n) is 7.48. The molecular formula is C18H18N2S. The van der Waals surface area contributed by atoms with E-state index in [9.17, 15) is 0 Å². The summed E-state index contributed by atoms with van der Waals surface area (Å²) in [6, 6.07) is 15.3. The maximum Gasteiger partial charge on any atom is 0.0907 e. The van der Waals surface area contributed by atoms with Crippen molar-refractivity contribution in [3.63, 3.8) is 0 Å². The largest absolute Gasteiger partial charge is 0.381 e. The molecule has 1 fully saturated rings. The van der Waals surface area contributed by atoms with Crippen LogP contribution in [-0.4, -0.2) is 4.98 Å². The molecule has 0 saturated heterocycles. The number of hydrogen-bond acceptors (Lipinski definition) is 3. The minimum atomic E-state index is 0.801. The third-order valence-corrected chi connectivity index (χ3v) is 4.98. The summed E-state index contributed by atoms with van der Waals surface area (Å²) in [5, 5.41) is 4.69. The van der Waals surface area contributed by atoms with Crippen molar-refractivity contribution < 1.29 is 0 Å². The van der Waals surface area contributed by atoms with Crippen molar-refractivity contribution in [3.05, 3.63) is 58.6 Å². The maximum absolute atomic E-state index is 4.51. The predicted octanol–water partition coefficient (Wildman–Crippen LogP) is 5.09. The fourth-order valence-corrected chi connectivity index (χ4v) is 3.70. The topological polar surface area (TPSA) is 24.9 Å². The Labute approximate surface area is 128 Å². The van der Waals surface area contributed by atoms with Gasteiger partial charge in [0.1, 0.15) is 0 Å². The van der Waals surface area contributed by atoms with E-state index in [1.54, 1.807) is 11.3 Å². The molecule has 0 unspecified atom stereocenters. The van der Waals surface area contributed by atoms with E-state index < -0.39 is 0 Å². The van der Waals surface area contributed by atoms with Crippen molar-refractivity contribution in [1.29, 1.82) is 0 Å². The summed E-state index contributed by atoms with van der Waals surface area (Å²) in [7, 11) is 0. The zero-order valence-corrected chi connectivity index (χ0v) is 12.9. The van der Waals surface area contributed by atoms with Gasteiger partial charge in [0.05, 0.1) is 15.2 Å². The molecule has 0 atom stereocenters. The molecule has 1 heterocycles. The van der Waals surface area contributed by atoms with Crippen molar-refractivity contribution in [3.8, 4) is 0 Å². The third-order valence-electron chi connectivity index (χ3n) is 4.05. The summed E-state index contributed by atoms with van der Waals surface area (Å²) in [6.45, 7) is 2.96. The van der Waals surface area contributed by atoms with Gasteiger partial charge in [-0.2, -0.15) is 0 Å². The first-order chi connectivity index (χ1) is 10.3. The average Bonchev–Trinajstić information content (AvgIpc) is 3.26. The molecule has 1 N–H and O–H groups in total. The molecule has 2 nitrogen and oxygen atoms in total. The fraction of sp³-hybridized carbons (Fsp3) is 0.278. The zero-order chi connectivity index (χ0) is 14.2. The zero-order valence-electron chi connectivity index (χ0n) is 12.1. The SMILES string of the molecule is Cc1nc2ccc(NCc3ccccc3C3CC3)cc2s1. The highest BCUT2D eigenvalue weighted by molar-refractivity contribution is 7.18. The molecule has 0 aliphatic heterocycles. The van der Waals surface area contributed by atoms with Crippen LogP contribution in [-0.2, 0) is 6.54 Å². The van der Waals surface area contributed by atoms with E-state index in [0.29, 0.717) is 0 Å². The van der Waals surface area contributed by atoms with Gasteiger partial charge < -0.3 is 5.32 Å². The lowest BCUT2D eigenvalue weighted by atomic mass is 10.0. The molecule has 3 heteroatoms. The highest BCUT2D eigenvalue weighted by Gasteiger charge is 2.25. The Morgan fingerprint density at radius 2 is 2.05 bits per heavy atom. The normalized spacial score (nSPS) is 14.5. The van der Waals surface area contributed by atoms with Crippen molar-refractivity contribution in [1.82, 2.24) is 4.98 Å². The number of aryl methyl sites for hydroxylation is 1. The molecule has 0 bridgehead atoms. The monoisotopic (exact) mass is 294 g/mol. The number of aromatic nitrogens is 1. The molecule has 2 aromatic carbocycles. The second-order valence-electron chi connectivity index (χ2n) is 5.74. The van der Waals surface area contributed by atoms with E-state index in [4.69, 9.17) is 0 Å². The van der Waals surface area contributed by atoms with Gasteiger partial charge in [-0.3, -0.25) is 0 Å². The highest BCUT2D eigenvalue weighted by Crippen LogP contribution is 2.41. The minimum Gasteiger partial charge on any atom is -0.381 e. The Morgan fingerprint density at radius 1 is 1.19 bits per heavy atom. The van der Waals surface area contributed by atoms with Crippen LogP contribution in [0, 0.1) is 6.92 Å². The summed E-state index contributed by atoms with van der Waals surface area (Å²) >= 11 is 1.75. The van der Waals surface area contributed by atoms with Gasteiger partial charge in [0.2, 0.25) is 0 Å². The summed E-state index contributed by atoms with van der Waals surface area (Å²) in [4.78, 5) is 4.51. The summed E-state index contributed by atoms with van der Waals surface area (Å²) < 4.78 is 1.26. The van der Waals surface area contributed by atoms with Gasteiger partial charge in [0.15, 0.2) is 0 Å². The van der Waals surface area contributed by atoms with E-state index in [1.807, 2.05) is 0 Å². The molecule has 1 saturated carbocycles. The molecule has 4 rings (SSSR count). The number of thiazole rings is 1. The standard InChI is InChI=1S/C18H18N2S/c1-12-20-17-9-8-15(10-18(17)21-12)19-11-14-4-2-3-5-16(14)13-6-7-13/h2-5,8-10,13,19H,6-7,11H2,1H3. The molecule has 106 valence electrons. The quantitative estimate of drug-likeness (QED) is 0.724. The van der Waals surface area contributed by atoms with Crippen LogP contribution in [0.25, 0.3) is 10.2 Å². The number of benzene rings is 2. The molecule has 0 amide bonds. The van der Waals surface area contributed by atoms with Crippen LogP contribution in [0.1, 0.15) is 34.9 Å². The van der Waals surface area contributed by atoms with Crippen LogP contribution in [0.3, 0.4) is 0 Å². The molecule has 1 aliphatic rings. The van der Waals surface area contributed by atoms with Gasteiger partial charge in [0, 0.05) is 12.2 Å². The van der Waals surface area contributed by atoms with Crippen LogP contribution in [0.5, 0.6) is 0 Å². The smallest absolute Gasteiger partial charge is 0.0907 e. The van der Waals surface area contributed by atoms with Gasteiger partial charge >= 0.3 is 0 Å². The minimum absolute atomic E-state index is 0.801. The number of nitrogens with one attached hydrogen (secondary N) is 1. The highest BCUT2D eigenvalue weighted by atomic mass is 32.1. The number of nitrogens with zero attached hydrogens (tertiary/aromatic N) is 1. The Bertz CT molecular complexity index is 787. The van der Waals surface area contributed by atoms with Gasteiger partial charge in [0.25, 0.3) is 0 Å². The van der Waals surface area contributed by atoms with Crippen molar-refractivity contribution in [2.24, 2.45) is 0 Å². The second kappa shape index (κ2) is 5.15.